The monoisotopic (exact) mass is 355 g/mol. The molecule has 0 radical (unpaired) electrons. The Morgan fingerprint density at radius 2 is 2.24 bits per heavy atom. The van der Waals surface area contributed by atoms with Crippen LogP contribution in [0.4, 0.5) is 5.69 Å². The van der Waals surface area contributed by atoms with Crippen molar-refractivity contribution in [2.45, 2.75) is 19.4 Å². The first-order chi connectivity index (χ1) is 9.93. The Hall–Kier alpha value is -1.96. The number of amides is 2. The minimum absolute atomic E-state index is 0.165. The highest BCUT2D eigenvalue weighted by Gasteiger charge is 2.32. The second kappa shape index (κ2) is 6.21. The van der Waals surface area contributed by atoms with Crippen LogP contribution in [-0.4, -0.2) is 40.8 Å². The van der Waals surface area contributed by atoms with Crippen molar-refractivity contribution in [1.82, 2.24) is 10.2 Å². The van der Waals surface area contributed by atoms with Gasteiger partial charge < -0.3 is 10.2 Å². The van der Waals surface area contributed by atoms with E-state index in [2.05, 4.69) is 21.2 Å². The number of rotatable bonds is 3. The lowest BCUT2D eigenvalue weighted by molar-refractivity contribution is -0.385. The van der Waals surface area contributed by atoms with Crippen molar-refractivity contribution in [2.24, 2.45) is 0 Å². The molecule has 1 atom stereocenters. The van der Waals surface area contributed by atoms with E-state index in [0.717, 1.165) is 0 Å². The minimum atomic E-state index is -0.554. The Morgan fingerprint density at radius 3 is 2.86 bits per heavy atom. The molecule has 1 aromatic carbocycles. The van der Waals surface area contributed by atoms with Gasteiger partial charge in [-0.05, 0) is 12.5 Å². The van der Waals surface area contributed by atoms with Gasteiger partial charge in [0, 0.05) is 35.3 Å². The third kappa shape index (κ3) is 3.21. The Kier molecular flexibility index (Phi) is 4.56. The summed E-state index contributed by atoms with van der Waals surface area (Å²) in [5, 5.41) is 13.6. The number of hydrogen-bond donors (Lipinski definition) is 1. The molecule has 1 unspecified atom stereocenters. The summed E-state index contributed by atoms with van der Waals surface area (Å²) in [7, 11) is 0. The average molecular weight is 356 g/mol. The topological polar surface area (TPSA) is 92.6 Å². The summed E-state index contributed by atoms with van der Waals surface area (Å²) in [5.41, 5.74) is 0.0338. The Morgan fingerprint density at radius 1 is 1.52 bits per heavy atom. The van der Waals surface area contributed by atoms with Gasteiger partial charge in [-0.2, -0.15) is 0 Å². The number of hydrogen-bond acceptors (Lipinski definition) is 4. The van der Waals surface area contributed by atoms with E-state index < -0.39 is 11.0 Å². The maximum Gasteiger partial charge on any atom is 0.271 e. The van der Waals surface area contributed by atoms with E-state index in [1.165, 1.54) is 23.1 Å². The molecule has 7 nitrogen and oxygen atoms in total. The second-order valence-electron chi connectivity index (χ2n) is 4.67. The molecular formula is C13H14BrN3O4. The summed E-state index contributed by atoms with van der Waals surface area (Å²) in [6.45, 7) is 2.60. The zero-order valence-corrected chi connectivity index (χ0v) is 12.9. The normalized spacial score (nSPS) is 18.3. The van der Waals surface area contributed by atoms with Crippen LogP contribution in [0, 0.1) is 10.1 Å². The van der Waals surface area contributed by atoms with E-state index in [-0.39, 0.29) is 23.1 Å². The Balaban J connectivity index is 2.34. The molecule has 0 aromatic heterocycles. The third-order valence-corrected chi connectivity index (χ3v) is 3.78. The van der Waals surface area contributed by atoms with E-state index in [9.17, 15) is 19.7 Å². The Labute approximate surface area is 129 Å². The number of nitrogens with one attached hydrogen (secondary N) is 1. The molecule has 1 aliphatic rings. The summed E-state index contributed by atoms with van der Waals surface area (Å²) in [6, 6.07) is 3.54. The lowest BCUT2D eigenvalue weighted by Gasteiger charge is -2.34. The molecule has 0 bridgehead atoms. The molecule has 2 amide bonds. The number of carbonyl (C=O) groups excluding carboxylic acids is 2. The van der Waals surface area contributed by atoms with Crippen LogP contribution in [0.5, 0.6) is 0 Å². The fourth-order valence-corrected chi connectivity index (χ4v) is 2.81. The van der Waals surface area contributed by atoms with Gasteiger partial charge in [-0.3, -0.25) is 19.7 Å². The van der Waals surface area contributed by atoms with Crippen LogP contribution in [0.15, 0.2) is 22.7 Å². The van der Waals surface area contributed by atoms with Gasteiger partial charge in [0.05, 0.1) is 4.92 Å². The minimum Gasteiger partial charge on any atom is -0.353 e. The number of halogens is 1. The van der Waals surface area contributed by atoms with Crippen molar-refractivity contribution in [1.29, 1.82) is 0 Å². The van der Waals surface area contributed by atoms with Gasteiger partial charge in [0.1, 0.15) is 6.04 Å². The second-order valence-corrected chi connectivity index (χ2v) is 5.58. The van der Waals surface area contributed by atoms with E-state index >= 15 is 0 Å². The first-order valence-corrected chi connectivity index (χ1v) is 7.27. The van der Waals surface area contributed by atoms with Crippen LogP contribution in [0.25, 0.3) is 0 Å². The molecule has 21 heavy (non-hydrogen) atoms. The van der Waals surface area contributed by atoms with Crippen molar-refractivity contribution in [3.63, 3.8) is 0 Å². The van der Waals surface area contributed by atoms with Crippen LogP contribution in [0.2, 0.25) is 0 Å². The van der Waals surface area contributed by atoms with E-state index in [1.54, 1.807) is 0 Å². The molecule has 0 aliphatic carbocycles. The van der Waals surface area contributed by atoms with Gasteiger partial charge >= 0.3 is 0 Å². The van der Waals surface area contributed by atoms with E-state index in [4.69, 9.17) is 0 Å². The first kappa shape index (κ1) is 15.4. The van der Waals surface area contributed by atoms with Gasteiger partial charge in [0.2, 0.25) is 5.91 Å². The predicted molar refractivity (Wildman–Crippen MR) is 78.9 cm³/mol. The highest BCUT2D eigenvalue weighted by Crippen LogP contribution is 2.23. The molecule has 0 spiro atoms. The number of nitrogens with zero attached hydrogens (tertiary/aromatic N) is 2. The maximum absolute atomic E-state index is 12.5. The van der Waals surface area contributed by atoms with Gasteiger partial charge in [0.15, 0.2) is 0 Å². The molecule has 0 saturated carbocycles. The molecule has 112 valence electrons. The van der Waals surface area contributed by atoms with Crippen molar-refractivity contribution < 1.29 is 14.5 Å². The fourth-order valence-electron chi connectivity index (χ4n) is 2.33. The number of nitro groups is 1. The lowest BCUT2D eigenvalue weighted by Crippen LogP contribution is -2.56. The van der Waals surface area contributed by atoms with Crippen LogP contribution >= 0.6 is 15.9 Å². The zero-order chi connectivity index (χ0) is 15.6. The summed E-state index contributed by atoms with van der Waals surface area (Å²) in [4.78, 5) is 36.1. The molecule has 8 heteroatoms. The summed E-state index contributed by atoms with van der Waals surface area (Å²) in [6.07, 6.45) is 0.494. The molecule has 1 aromatic rings. The highest BCUT2D eigenvalue weighted by molar-refractivity contribution is 9.10. The van der Waals surface area contributed by atoms with E-state index in [1.807, 2.05) is 6.92 Å². The zero-order valence-electron chi connectivity index (χ0n) is 11.3. The molecule has 1 saturated heterocycles. The van der Waals surface area contributed by atoms with Gasteiger partial charge in [0.25, 0.3) is 11.6 Å². The van der Waals surface area contributed by atoms with Crippen LogP contribution in [-0.2, 0) is 4.79 Å². The molecule has 1 fully saturated rings. The maximum atomic E-state index is 12.5. The molecule has 1 heterocycles. The molecule has 1 aliphatic heterocycles. The number of benzene rings is 1. The number of non-ortho nitro benzene ring substituents is 1. The third-order valence-electron chi connectivity index (χ3n) is 3.32. The van der Waals surface area contributed by atoms with Crippen molar-refractivity contribution >= 4 is 33.4 Å². The number of nitro benzene ring substituents is 1. The largest absolute Gasteiger partial charge is 0.353 e. The summed E-state index contributed by atoms with van der Waals surface area (Å²) in [5.74, 6) is -0.567. The van der Waals surface area contributed by atoms with Crippen molar-refractivity contribution in [3.05, 3.63) is 38.3 Å². The SMILES string of the molecule is CCC1C(=O)NCCN1C(=O)c1cc(Br)cc([N+](=O)[O-])c1. The number of carbonyl (C=O) groups is 2. The predicted octanol–water partition coefficient (Wildman–Crippen LogP) is 1.71. The quantitative estimate of drug-likeness (QED) is 0.659. The highest BCUT2D eigenvalue weighted by atomic mass is 79.9. The standard InChI is InChI=1S/C13H14BrN3O4/c1-2-11-12(18)15-3-4-16(11)13(19)8-5-9(14)7-10(6-8)17(20)21/h5-7,11H,2-4H2,1H3,(H,15,18). The number of piperazine rings is 1. The molecule has 1 N–H and O–H groups in total. The van der Waals surface area contributed by atoms with Crippen molar-refractivity contribution in [2.75, 3.05) is 13.1 Å². The first-order valence-electron chi connectivity index (χ1n) is 6.47. The molecule has 2 rings (SSSR count). The van der Waals surface area contributed by atoms with E-state index in [0.29, 0.717) is 24.0 Å². The fraction of sp³-hybridized carbons (Fsp3) is 0.385. The van der Waals surface area contributed by atoms with Crippen molar-refractivity contribution in [3.8, 4) is 0 Å². The summed E-state index contributed by atoms with van der Waals surface area (Å²) < 4.78 is 0.453. The average Bonchev–Trinajstić information content (AvgIpc) is 2.45. The van der Waals surface area contributed by atoms with Crippen LogP contribution in [0.1, 0.15) is 23.7 Å². The van der Waals surface area contributed by atoms with Crippen LogP contribution < -0.4 is 5.32 Å². The molecular weight excluding hydrogens is 342 g/mol. The van der Waals surface area contributed by atoms with Gasteiger partial charge in [-0.15, -0.1) is 0 Å². The van der Waals surface area contributed by atoms with Crippen LogP contribution in [0.3, 0.4) is 0 Å². The van der Waals surface area contributed by atoms with Gasteiger partial charge in [-0.1, -0.05) is 22.9 Å². The van der Waals surface area contributed by atoms with Gasteiger partial charge in [-0.25, -0.2) is 0 Å². The lowest BCUT2D eigenvalue weighted by atomic mass is 10.1. The summed E-state index contributed by atoms with van der Waals surface area (Å²) >= 11 is 3.16. The smallest absolute Gasteiger partial charge is 0.271 e. The Bertz CT molecular complexity index is 605.